The van der Waals surface area contributed by atoms with Gasteiger partial charge in [0, 0.05) is 55.5 Å². The quantitative estimate of drug-likeness (QED) is 0.432. The molecule has 1 fully saturated rings. The first-order valence-corrected chi connectivity index (χ1v) is 12.0. The molecule has 1 unspecified atom stereocenters. The number of imidazole rings is 1. The molecular weight excluding hydrogens is 459 g/mol. The Hall–Kier alpha value is -4.00. The maximum Gasteiger partial charge on any atom is 0.208 e. The second-order valence-electron chi connectivity index (χ2n) is 9.26. The number of nitriles is 1. The number of benzene rings is 2. The zero-order valence-corrected chi connectivity index (χ0v) is 19.6. The van der Waals surface area contributed by atoms with Gasteiger partial charge in [-0.25, -0.2) is 14.4 Å². The van der Waals surface area contributed by atoms with E-state index < -0.39 is 0 Å². The van der Waals surface area contributed by atoms with Crippen molar-refractivity contribution in [3.63, 3.8) is 0 Å². The summed E-state index contributed by atoms with van der Waals surface area (Å²) in [5.74, 6) is 0.912. The van der Waals surface area contributed by atoms with Gasteiger partial charge in [0.25, 0.3) is 0 Å². The van der Waals surface area contributed by atoms with Gasteiger partial charge < -0.3 is 15.2 Å². The molecule has 1 saturated heterocycles. The first-order chi connectivity index (χ1) is 17.6. The minimum Gasteiger partial charge on any atom is -0.493 e. The molecule has 6 rings (SSSR count). The van der Waals surface area contributed by atoms with Gasteiger partial charge in [-0.3, -0.25) is 9.30 Å². The summed E-state index contributed by atoms with van der Waals surface area (Å²) in [5.41, 5.74) is 5.21. The highest BCUT2D eigenvalue weighted by atomic mass is 19.1. The van der Waals surface area contributed by atoms with Crippen LogP contribution >= 0.6 is 0 Å². The molecule has 4 aromatic rings. The summed E-state index contributed by atoms with van der Waals surface area (Å²) in [6, 6.07) is 13.4. The van der Waals surface area contributed by atoms with E-state index in [2.05, 4.69) is 38.4 Å². The van der Waals surface area contributed by atoms with Gasteiger partial charge >= 0.3 is 0 Å². The molecule has 1 atom stereocenters. The van der Waals surface area contributed by atoms with Gasteiger partial charge in [-0.2, -0.15) is 5.26 Å². The molecule has 0 radical (unpaired) electrons. The molecular formula is C27H25FN6O2. The number of halogens is 1. The molecule has 8 nitrogen and oxygen atoms in total. The average Bonchev–Trinajstić information content (AvgIpc) is 3.63. The molecule has 0 amide bonds. The van der Waals surface area contributed by atoms with E-state index in [1.165, 1.54) is 6.07 Å². The van der Waals surface area contributed by atoms with Crippen molar-refractivity contribution < 1.29 is 14.2 Å². The minimum absolute atomic E-state index is 0.236. The second-order valence-corrected chi connectivity index (χ2v) is 9.26. The number of aliphatic hydroxyl groups excluding tert-OH is 1. The predicted octanol–water partition coefficient (Wildman–Crippen LogP) is 3.52. The molecule has 0 saturated carbocycles. The molecule has 2 aliphatic rings. The number of hydrogen-bond acceptors (Lipinski definition) is 7. The summed E-state index contributed by atoms with van der Waals surface area (Å²) in [7, 11) is 0. The Labute approximate surface area is 207 Å². The number of fused-ring (bicyclic) bond motifs is 2. The molecule has 4 heterocycles. The van der Waals surface area contributed by atoms with E-state index in [1.807, 2.05) is 12.1 Å². The number of nitrogens with zero attached hydrogens (tertiary/aromatic N) is 5. The third-order valence-corrected chi connectivity index (χ3v) is 6.89. The van der Waals surface area contributed by atoms with Crippen molar-refractivity contribution >= 4 is 11.6 Å². The summed E-state index contributed by atoms with van der Waals surface area (Å²) >= 11 is 0. The average molecular weight is 485 g/mol. The predicted molar refractivity (Wildman–Crippen MR) is 132 cm³/mol. The highest BCUT2D eigenvalue weighted by molar-refractivity contribution is 5.78. The van der Waals surface area contributed by atoms with Crippen LogP contribution in [-0.4, -0.2) is 50.2 Å². The highest BCUT2D eigenvalue weighted by Crippen LogP contribution is 2.31. The lowest BCUT2D eigenvalue weighted by Crippen LogP contribution is -2.21. The number of nitrogens with one attached hydrogen (secondary N) is 1. The highest BCUT2D eigenvalue weighted by Gasteiger charge is 2.21. The zero-order chi connectivity index (χ0) is 24.6. The molecule has 2 aliphatic heterocycles. The Morgan fingerprint density at radius 1 is 1.22 bits per heavy atom. The lowest BCUT2D eigenvalue weighted by atomic mass is 10.0. The minimum atomic E-state index is -0.286. The smallest absolute Gasteiger partial charge is 0.208 e. The number of aliphatic hydroxyl groups is 1. The SMILES string of the molecule is N#Cc1cn2c(NCc3c(F)ccc4c3CCO4)ncc(-c3ccc(CN4CCC(O)C4)cc3)c2n1. The summed E-state index contributed by atoms with van der Waals surface area (Å²) in [4.78, 5) is 11.3. The number of anilines is 1. The fraction of sp³-hybridized carbons (Fsp3) is 0.296. The van der Waals surface area contributed by atoms with Crippen LogP contribution in [0.4, 0.5) is 10.3 Å². The van der Waals surface area contributed by atoms with E-state index in [4.69, 9.17) is 4.74 Å². The van der Waals surface area contributed by atoms with Gasteiger partial charge in [0.15, 0.2) is 11.3 Å². The number of β-amino-alcohol motifs (C(OH)–C–C–N with tert-alkyl or cyclic N) is 1. The van der Waals surface area contributed by atoms with Crippen LogP contribution in [0.5, 0.6) is 5.75 Å². The topological polar surface area (TPSA) is 98.7 Å². The molecule has 2 aromatic carbocycles. The summed E-state index contributed by atoms with van der Waals surface area (Å²) < 4.78 is 21.9. The van der Waals surface area contributed by atoms with Gasteiger partial charge in [-0.05, 0) is 29.7 Å². The van der Waals surface area contributed by atoms with Crippen molar-refractivity contribution in [1.82, 2.24) is 19.3 Å². The third-order valence-electron chi connectivity index (χ3n) is 6.89. The van der Waals surface area contributed by atoms with Crippen LogP contribution in [0, 0.1) is 17.1 Å². The van der Waals surface area contributed by atoms with Crippen molar-refractivity contribution in [3.8, 4) is 22.9 Å². The summed E-state index contributed by atoms with van der Waals surface area (Å²) in [6.07, 6.45) is 4.61. The number of ether oxygens (including phenoxy) is 1. The van der Waals surface area contributed by atoms with Gasteiger partial charge in [-0.15, -0.1) is 0 Å². The van der Waals surface area contributed by atoms with Crippen LogP contribution < -0.4 is 10.1 Å². The lowest BCUT2D eigenvalue weighted by molar-refractivity contribution is 0.175. The Kier molecular flexibility index (Phi) is 5.76. The van der Waals surface area contributed by atoms with E-state index >= 15 is 0 Å². The molecule has 2 N–H and O–H groups in total. The Bertz CT molecular complexity index is 1480. The van der Waals surface area contributed by atoms with Crippen molar-refractivity contribution in [2.45, 2.75) is 32.0 Å². The van der Waals surface area contributed by atoms with Crippen molar-refractivity contribution in [1.29, 1.82) is 5.26 Å². The largest absolute Gasteiger partial charge is 0.493 e. The fourth-order valence-electron chi connectivity index (χ4n) is 5.04. The van der Waals surface area contributed by atoms with E-state index in [9.17, 15) is 14.8 Å². The van der Waals surface area contributed by atoms with Crippen LogP contribution in [0.1, 0.15) is 28.8 Å². The molecule has 0 spiro atoms. The maximum atomic E-state index is 14.6. The van der Waals surface area contributed by atoms with Gasteiger partial charge in [0.2, 0.25) is 5.95 Å². The third kappa shape index (κ3) is 4.15. The van der Waals surface area contributed by atoms with Crippen LogP contribution in [0.3, 0.4) is 0 Å². The molecule has 0 aliphatic carbocycles. The van der Waals surface area contributed by atoms with Gasteiger partial charge in [0.1, 0.15) is 17.6 Å². The van der Waals surface area contributed by atoms with Crippen molar-refractivity contribution in [2.24, 2.45) is 0 Å². The molecule has 9 heteroatoms. The zero-order valence-electron chi connectivity index (χ0n) is 19.6. The summed E-state index contributed by atoms with van der Waals surface area (Å²) in [5, 5.41) is 22.5. The number of likely N-dealkylation sites (tertiary alicyclic amines) is 1. The fourth-order valence-corrected chi connectivity index (χ4v) is 5.04. The molecule has 2 aromatic heterocycles. The van der Waals surface area contributed by atoms with Crippen LogP contribution in [0.15, 0.2) is 48.8 Å². The van der Waals surface area contributed by atoms with Gasteiger partial charge in [0.05, 0.1) is 18.9 Å². The normalized spacial score (nSPS) is 17.2. The lowest BCUT2D eigenvalue weighted by Gasteiger charge is -2.15. The Balaban J connectivity index is 1.28. The number of aromatic nitrogens is 3. The van der Waals surface area contributed by atoms with Gasteiger partial charge in [-0.1, -0.05) is 24.3 Å². The van der Waals surface area contributed by atoms with Crippen molar-refractivity contribution in [3.05, 3.63) is 77.0 Å². The summed E-state index contributed by atoms with van der Waals surface area (Å²) in [6.45, 7) is 3.18. The molecule has 0 bridgehead atoms. The van der Waals surface area contributed by atoms with E-state index in [1.54, 1.807) is 22.9 Å². The second kappa shape index (κ2) is 9.22. The number of hydrogen-bond donors (Lipinski definition) is 2. The monoisotopic (exact) mass is 484 g/mol. The Morgan fingerprint density at radius 2 is 2.08 bits per heavy atom. The molecule has 36 heavy (non-hydrogen) atoms. The van der Waals surface area contributed by atoms with Crippen molar-refractivity contribution in [2.75, 3.05) is 25.0 Å². The van der Waals surface area contributed by atoms with E-state index in [0.717, 1.165) is 47.5 Å². The van der Waals surface area contributed by atoms with Crippen LogP contribution in [0.2, 0.25) is 0 Å². The standard InChI is InChI=1S/C27H25FN6O2/c28-24-5-6-25-21(8-10-36-25)23(24)13-31-27-30-12-22(26-32-19(11-29)15-34(26)27)18-3-1-17(2-4-18)14-33-9-7-20(35)16-33/h1-6,12,15,20,35H,7-10,13-14,16H2,(H,30,31). The Morgan fingerprint density at radius 3 is 2.86 bits per heavy atom. The first-order valence-electron chi connectivity index (χ1n) is 12.0. The van der Waals surface area contributed by atoms with E-state index in [-0.39, 0.29) is 24.2 Å². The van der Waals surface area contributed by atoms with Crippen LogP contribution in [-0.2, 0) is 19.5 Å². The first kappa shape index (κ1) is 22.5. The molecule has 182 valence electrons. The van der Waals surface area contributed by atoms with E-state index in [0.29, 0.717) is 36.7 Å². The maximum absolute atomic E-state index is 14.6. The number of rotatable bonds is 6. The van der Waals surface area contributed by atoms with Crippen LogP contribution in [0.25, 0.3) is 16.8 Å².